The summed E-state index contributed by atoms with van der Waals surface area (Å²) in [5, 5.41) is 14.6. The molecule has 1 heterocycles. The Morgan fingerprint density at radius 2 is 2.04 bits per heavy atom. The van der Waals surface area contributed by atoms with Crippen LogP contribution < -0.4 is 5.32 Å². The molecule has 1 aromatic heterocycles. The molecule has 0 bridgehead atoms. The van der Waals surface area contributed by atoms with Crippen LogP contribution in [0.1, 0.15) is 33.2 Å². The van der Waals surface area contributed by atoms with E-state index in [0.29, 0.717) is 5.56 Å². The Morgan fingerprint density at radius 3 is 2.71 bits per heavy atom. The fraction of sp³-hybridized carbons (Fsp3) is 0.200. The third kappa shape index (κ3) is 3.57. The molecular formula is C20H19N3O5. The molecule has 0 amide bonds. The van der Waals surface area contributed by atoms with Crippen molar-refractivity contribution in [3.63, 3.8) is 0 Å². The summed E-state index contributed by atoms with van der Waals surface area (Å²) < 4.78 is 5.08. The number of aromatic amines is 1. The van der Waals surface area contributed by atoms with Gasteiger partial charge in [0.05, 0.1) is 10.5 Å². The van der Waals surface area contributed by atoms with Gasteiger partial charge in [-0.2, -0.15) is 0 Å². The Labute approximate surface area is 160 Å². The predicted molar refractivity (Wildman–Crippen MR) is 105 cm³/mol. The monoisotopic (exact) mass is 381 g/mol. The van der Waals surface area contributed by atoms with Gasteiger partial charge >= 0.3 is 5.97 Å². The lowest BCUT2D eigenvalue weighted by molar-refractivity contribution is -0.384. The molecule has 3 aromatic rings. The molecule has 0 aliphatic rings. The first-order valence-electron chi connectivity index (χ1n) is 8.71. The van der Waals surface area contributed by atoms with Crippen LogP contribution in [0, 0.1) is 10.1 Å². The smallest absolute Gasteiger partial charge is 0.338 e. The second-order valence-corrected chi connectivity index (χ2v) is 6.13. The molecule has 3 rings (SSSR count). The number of hydrogen-bond acceptors (Lipinski definition) is 6. The number of hydrogen-bond donors (Lipinski definition) is 2. The van der Waals surface area contributed by atoms with Gasteiger partial charge in [-0.3, -0.25) is 14.9 Å². The Kier molecular flexibility index (Phi) is 5.39. The minimum atomic E-state index is -0.798. The standard InChI is InChI=1S/C20H19N3O5/c1-3-12-5-4-6-14-15(10-22-19(12)14)18(24)11-28-20(25)13-7-8-16(21-2)17(9-13)23(26)27/h4-10,21-22H,3,11H2,1-2H3. The molecule has 2 aromatic carbocycles. The molecule has 0 radical (unpaired) electrons. The van der Waals surface area contributed by atoms with Crippen molar-refractivity contribution in [3.05, 3.63) is 69.4 Å². The second kappa shape index (κ2) is 7.91. The number of carbonyl (C=O) groups is 2. The van der Waals surface area contributed by atoms with Crippen LogP contribution in [0.15, 0.2) is 42.6 Å². The van der Waals surface area contributed by atoms with E-state index >= 15 is 0 Å². The summed E-state index contributed by atoms with van der Waals surface area (Å²) in [7, 11) is 1.55. The van der Waals surface area contributed by atoms with Gasteiger partial charge in [0, 0.05) is 35.8 Å². The van der Waals surface area contributed by atoms with Crippen molar-refractivity contribution in [1.29, 1.82) is 0 Å². The van der Waals surface area contributed by atoms with Crippen LogP contribution in [0.4, 0.5) is 11.4 Å². The first kappa shape index (κ1) is 19.1. The van der Waals surface area contributed by atoms with E-state index in [1.165, 1.54) is 12.1 Å². The molecule has 0 saturated carbocycles. The van der Waals surface area contributed by atoms with Gasteiger partial charge in [-0.1, -0.05) is 25.1 Å². The van der Waals surface area contributed by atoms with Gasteiger partial charge in [0.1, 0.15) is 5.69 Å². The van der Waals surface area contributed by atoms with Crippen LogP contribution in [0.5, 0.6) is 0 Å². The number of ether oxygens (including phenoxy) is 1. The molecule has 2 N–H and O–H groups in total. The maximum atomic E-state index is 12.5. The zero-order valence-corrected chi connectivity index (χ0v) is 15.4. The van der Waals surface area contributed by atoms with Crippen LogP contribution in [0.25, 0.3) is 10.9 Å². The minimum Gasteiger partial charge on any atom is -0.454 e. The predicted octanol–water partition coefficient (Wildman–Crippen LogP) is 3.72. The van der Waals surface area contributed by atoms with Crippen molar-refractivity contribution >= 4 is 34.0 Å². The number of carbonyl (C=O) groups excluding carboxylic acids is 2. The number of ketones is 1. The van der Waals surface area contributed by atoms with Gasteiger partial charge in [-0.05, 0) is 24.1 Å². The zero-order valence-electron chi connectivity index (χ0n) is 15.4. The van der Waals surface area contributed by atoms with E-state index in [4.69, 9.17) is 4.74 Å². The Hall–Kier alpha value is -3.68. The second-order valence-electron chi connectivity index (χ2n) is 6.13. The summed E-state index contributed by atoms with van der Waals surface area (Å²) in [6.45, 7) is 1.57. The van der Waals surface area contributed by atoms with Crippen LogP contribution >= 0.6 is 0 Å². The Balaban J connectivity index is 1.76. The van der Waals surface area contributed by atoms with Gasteiger partial charge in [0.15, 0.2) is 6.61 Å². The molecule has 0 aliphatic heterocycles. The number of rotatable bonds is 7. The Morgan fingerprint density at radius 1 is 1.25 bits per heavy atom. The van der Waals surface area contributed by atoms with Crippen LogP contribution in [-0.4, -0.2) is 35.3 Å². The maximum absolute atomic E-state index is 12.5. The largest absolute Gasteiger partial charge is 0.454 e. The van der Waals surface area contributed by atoms with Crippen molar-refractivity contribution in [2.75, 3.05) is 19.0 Å². The highest BCUT2D eigenvalue weighted by Crippen LogP contribution is 2.26. The normalized spacial score (nSPS) is 10.6. The fourth-order valence-electron chi connectivity index (χ4n) is 3.06. The van der Waals surface area contributed by atoms with Gasteiger partial charge in [-0.25, -0.2) is 4.79 Å². The molecule has 144 valence electrons. The highest BCUT2D eigenvalue weighted by Gasteiger charge is 2.20. The number of anilines is 1. The van der Waals surface area contributed by atoms with Crippen LogP contribution in [0.3, 0.4) is 0 Å². The molecule has 0 spiro atoms. The molecule has 0 saturated heterocycles. The number of aromatic nitrogens is 1. The third-order valence-electron chi connectivity index (χ3n) is 4.52. The first-order chi connectivity index (χ1) is 13.5. The lowest BCUT2D eigenvalue weighted by Gasteiger charge is -2.06. The number of esters is 1. The number of benzene rings is 2. The molecule has 0 atom stereocenters. The van der Waals surface area contributed by atoms with E-state index < -0.39 is 17.5 Å². The quantitative estimate of drug-likeness (QED) is 0.279. The first-order valence-corrected chi connectivity index (χ1v) is 8.71. The number of nitro benzene ring substituents is 1. The highest BCUT2D eigenvalue weighted by atomic mass is 16.6. The SMILES string of the molecule is CCc1cccc2c(C(=O)COC(=O)c3ccc(NC)c([N+](=O)[O-])c3)c[nH]c12. The van der Waals surface area contributed by atoms with E-state index in [2.05, 4.69) is 10.3 Å². The number of aryl methyl sites for hydroxylation is 1. The van der Waals surface area contributed by atoms with Gasteiger partial charge in [0.25, 0.3) is 5.69 Å². The van der Waals surface area contributed by atoms with E-state index in [9.17, 15) is 19.7 Å². The number of Topliss-reactive ketones (excluding diaryl/α,β-unsaturated/α-hetero) is 1. The molecular weight excluding hydrogens is 362 g/mol. The summed E-state index contributed by atoms with van der Waals surface area (Å²) in [6.07, 6.45) is 2.43. The van der Waals surface area contributed by atoms with Crippen molar-refractivity contribution in [1.82, 2.24) is 4.98 Å². The Bertz CT molecular complexity index is 1070. The number of para-hydroxylation sites is 1. The summed E-state index contributed by atoms with van der Waals surface area (Å²) in [5.41, 5.74) is 2.46. The molecule has 8 nitrogen and oxygen atoms in total. The average Bonchev–Trinajstić information content (AvgIpc) is 3.15. The number of nitrogens with zero attached hydrogens (tertiary/aromatic N) is 1. The molecule has 8 heteroatoms. The number of H-pyrrole nitrogens is 1. The summed E-state index contributed by atoms with van der Waals surface area (Å²) in [4.78, 5) is 38.4. The molecule has 28 heavy (non-hydrogen) atoms. The lowest BCUT2D eigenvalue weighted by atomic mass is 10.1. The van der Waals surface area contributed by atoms with Gasteiger partial charge < -0.3 is 15.0 Å². The van der Waals surface area contributed by atoms with Crippen LogP contribution in [0.2, 0.25) is 0 Å². The highest BCUT2D eigenvalue weighted by molar-refractivity contribution is 6.09. The number of nitrogens with one attached hydrogen (secondary N) is 2. The van der Waals surface area contributed by atoms with Gasteiger partial charge in [0.2, 0.25) is 5.78 Å². The van der Waals surface area contributed by atoms with Gasteiger partial charge in [-0.15, -0.1) is 0 Å². The molecule has 0 aliphatic carbocycles. The summed E-state index contributed by atoms with van der Waals surface area (Å²) >= 11 is 0. The molecule has 0 fully saturated rings. The number of nitro groups is 1. The zero-order chi connectivity index (χ0) is 20.3. The fourth-order valence-corrected chi connectivity index (χ4v) is 3.06. The van der Waals surface area contributed by atoms with Crippen molar-refractivity contribution in [3.8, 4) is 0 Å². The number of fused-ring (bicyclic) bond motifs is 1. The van der Waals surface area contributed by atoms with E-state index in [-0.39, 0.29) is 22.7 Å². The molecule has 0 unspecified atom stereocenters. The van der Waals surface area contributed by atoms with E-state index in [1.54, 1.807) is 13.2 Å². The maximum Gasteiger partial charge on any atom is 0.338 e. The van der Waals surface area contributed by atoms with E-state index in [0.717, 1.165) is 29.0 Å². The van der Waals surface area contributed by atoms with Crippen molar-refractivity contribution < 1.29 is 19.2 Å². The average molecular weight is 381 g/mol. The lowest BCUT2D eigenvalue weighted by Crippen LogP contribution is -2.14. The summed E-state index contributed by atoms with van der Waals surface area (Å²) in [5.74, 6) is -1.15. The topological polar surface area (TPSA) is 114 Å². The van der Waals surface area contributed by atoms with Crippen molar-refractivity contribution in [2.24, 2.45) is 0 Å². The van der Waals surface area contributed by atoms with Crippen LogP contribution in [-0.2, 0) is 11.2 Å². The third-order valence-corrected chi connectivity index (χ3v) is 4.52. The van der Waals surface area contributed by atoms with E-state index in [1.807, 2.05) is 25.1 Å². The van der Waals surface area contributed by atoms with Crippen molar-refractivity contribution in [2.45, 2.75) is 13.3 Å². The minimum absolute atomic E-state index is 0.00527. The summed E-state index contributed by atoms with van der Waals surface area (Å²) in [6, 6.07) is 9.64.